The van der Waals surface area contributed by atoms with Crippen LogP contribution in [0.1, 0.15) is 72.3 Å². The Labute approximate surface area is 559 Å². The Morgan fingerprint density at radius 2 is 0.656 bits per heavy atom. The Bertz CT molecular complexity index is 5880. The number of rotatable bonds is 8. The first-order valence-corrected chi connectivity index (χ1v) is 33.8. The molecule has 4 aliphatic rings. The monoisotopic (exact) mass is 1220 g/mol. The number of nitrogens with zero attached hydrogens (tertiary/aromatic N) is 2. The maximum atomic E-state index is 2.58. The van der Waals surface area contributed by atoms with Crippen molar-refractivity contribution < 1.29 is 0 Å². The molecule has 0 saturated heterocycles. The molecule has 0 N–H and O–H groups in total. The third kappa shape index (κ3) is 7.47. The van der Waals surface area contributed by atoms with E-state index in [4.69, 9.17) is 0 Å². The fourth-order valence-corrected chi connectivity index (χ4v) is 18.4. The van der Waals surface area contributed by atoms with E-state index < -0.39 is 10.8 Å². The van der Waals surface area contributed by atoms with Crippen LogP contribution in [0.4, 0.5) is 34.1 Å². The molecule has 0 radical (unpaired) electrons. The molecular formula is C94H64N2. The van der Waals surface area contributed by atoms with E-state index in [9.17, 15) is 0 Å². The second kappa shape index (κ2) is 20.6. The van der Waals surface area contributed by atoms with Crippen LogP contribution in [0, 0.1) is 20.8 Å². The van der Waals surface area contributed by atoms with Crippen LogP contribution in [0.5, 0.6) is 0 Å². The molecule has 4 aliphatic carbocycles. The van der Waals surface area contributed by atoms with E-state index in [1.165, 1.54) is 166 Å². The molecule has 2 nitrogen and oxygen atoms in total. The molecule has 20 rings (SSSR count). The number of para-hydroxylation sites is 2. The van der Waals surface area contributed by atoms with Gasteiger partial charge in [-0.25, -0.2) is 0 Å². The van der Waals surface area contributed by atoms with Gasteiger partial charge < -0.3 is 9.80 Å². The molecule has 96 heavy (non-hydrogen) atoms. The zero-order valence-corrected chi connectivity index (χ0v) is 53.7. The van der Waals surface area contributed by atoms with Gasteiger partial charge in [0.25, 0.3) is 0 Å². The minimum Gasteiger partial charge on any atom is -0.310 e. The van der Waals surface area contributed by atoms with Crippen LogP contribution >= 0.6 is 0 Å². The Hall–Kier alpha value is -11.8. The molecule has 0 heterocycles. The van der Waals surface area contributed by atoms with Crippen LogP contribution in [0.15, 0.2) is 322 Å². The van der Waals surface area contributed by atoms with E-state index in [1.807, 2.05) is 0 Å². The largest absolute Gasteiger partial charge is 0.310 e. The molecule has 450 valence electrons. The molecule has 0 aliphatic heterocycles. The molecule has 0 amide bonds. The number of anilines is 6. The highest BCUT2D eigenvalue weighted by Crippen LogP contribution is 2.68. The summed E-state index contributed by atoms with van der Waals surface area (Å²) in [5.74, 6) is 0. The highest BCUT2D eigenvalue weighted by molar-refractivity contribution is 6.19. The quantitative estimate of drug-likeness (QED) is 0.150. The lowest BCUT2D eigenvalue weighted by atomic mass is 9.70. The summed E-state index contributed by atoms with van der Waals surface area (Å²) in [6.07, 6.45) is 0.765. The molecule has 0 aromatic heterocycles. The first kappa shape index (κ1) is 54.7. The zero-order chi connectivity index (χ0) is 63.5. The lowest BCUT2D eigenvalue weighted by Crippen LogP contribution is -2.26. The molecule has 16 aromatic rings. The SMILES string of the molecule is Cc1cc(C)cc(N(c2ccccc2)c2cc3c(c4ccccc24)-c2c(ccc4cc(Cc5cc(N(c6ccccc6)c6cc7c(c8ccccc68)-c6c(ccc8ccccc68)C76c7ccccc7-c7ccccc76)ccc5C)ccc24)C32c3ccccc3-c3ccccc32)c1. The van der Waals surface area contributed by atoms with Crippen LogP contribution in [-0.2, 0) is 17.3 Å². The van der Waals surface area contributed by atoms with E-state index in [2.05, 4.69) is 352 Å². The minimum atomic E-state index is -0.578. The summed E-state index contributed by atoms with van der Waals surface area (Å²) in [7, 11) is 0. The topological polar surface area (TPSA) is 6.48 Å². The number of benzene rings is 16. The molecule has 2 heteroatoms. The molecule has 0 unspecified atom stereocenters. The summed E-state index contributed by atoms with van der Waals surface area (Å²) in [5, 5.41) is 10.00. The zero-order valence-electron chi connectivity index (χ0n) is 53.7. The first-order valence-electron chi connectivity index (χ1n) is 33.8. The van der Waals surface area contributed by atoms with Crippen molar-refractivity contribution in [2.24, 2.45) is 0 Å². The van der Waals surface area contributed by atoms with Gasteiger partial charge in [0.1, 0.15) is 0 Å². The van der Waals surface area contributed by atoms with Gasteiger partial charge in [-0.15, -0.1) is 0 Å². The highest BCUT2D eigenvalue weighted by atomic mass is 15.2. The van der Waals surface area contributed by atoms with Gasteiger partial charge in [-0.3, -0.25) is 0 Å². The third-order valence-electron chi connectivity index (χ3n) is 22.0. The van der Waals surface area contributed by atoms with E-state index in [0.717, 1.165) is 34.9 Å². The lowest BCUT2D eigenvalue weighted by molar-refractivity contribution is 0.795. The van der Waals surface area contributed by atoms with Gasteiger partial charge >= 0.3 is 0 Å². The van der Waals surface area contributed by atoms with Crippen molar-refractivity contribution in [2.75, 3.05) is 9.80 Å². The van der Waals surface area contributed by atoms with Gasteiger partial charge in [0.2, 0.25) is 0 Å². The van der Waals surface area contributed by atoms with E-state index in [0.29, 0.717) is 0 Å². The van der Waals surface area contributed by atoms with E-state index in [1.54, 1.807) is 0 Å². The van der Waals surface area contributed by atoms with Crippen molar-refractivity contribution in [3.05, 3.63) is 394 Å². The van der Waals surface area contributed by atoms with Crippen molar-refractivity contribution in [1.29, 1.82) is 0 Å². The summed E-state index contributed by atoms with van der Waals surface area (Å²) in [6, 6.07) is 123. The highest BCUT2D eigenvalue weighted by Gasteiger charge is 2.55. The molecule has 0 saturated carbocycles. The normalized spacial score (nSPS) is 13.6. The summed E-state index contributed by atoms with van der Waals surface area (Å²) in [4.78, 5) is 5.05. The van der Waals surface area contributed by atoms with E-state index in [-0.39, 0.29) is 0 Å². The molecule has 0 bridgehead atoms. The summed E-state index contributed by atoms with van der Waals surface area (Å²) in [5.41, 5.74) is 33.2. The van der Waals surface area contributed by atoms with Crippen LogP contribution in [0.2, 0.25) is 0 Å². The Balaban J connectivity index is 0.769. The van der Waals surface area contributed by atoms with Gasteiger partial charge in [-0.1, -0.05) is 261 Å². The second-order valence-corrected chi connectivity index (χ2v) is 27.1. The number of hydrogen-bond donors (Lipinski definition) is 0. The van der Waals surface area contributed by atoms with Crippen LogP contribution < -0.4 is 9.80 Å². The molecule has 2 spiro atoms. The Morgan fingerprint density at radius 1 is 0.250 bits per heavy atom. The van der Waals surface area contributed by atoms with E-state index >= 15 is 0 Å². The predicted molar refractivity (Wildman–Crippen MR) is 402 cm³/mol. The van der Waals surface area contributed by atoms with Crippen molar-refractivity contribution >= 4 is 77.2 Å². The molecule has 0 fully saturated rings. The van der Waals surface area contributed by atoms with Crippen molar-refractivity contribution in [3.8, 4) is 44.5 Å². The van der Waals surface area contributed by atoms with Crippen molar-refractivity contribution in [3.63, 3.8) is 0 Å². The minimum absolute atomic E-state index is 0.549. The Morgan fingerprint density at radius 3 is 1.17 bits per heavy atom. The fourth-order valence-electron chi connectivity index (χ4n) is 18.4. The average Bonchev–Trinajstić information content (AvgIpc) is 1.50. The third-order valence-corrected chi connectivity index (χ3v) is 22.0. The average molecular weight is 1220 g/mol. The van der Waals surface area contributed by atoms with Crippen LogP contribution in [-0.4, -0.2) is 0 Å². The summed E-state index contributed by atoms with van der Waals surface area (Å²) in [6.45, 7) is 6.72. The molecule has 0 atom stereocenters. The van der Waals surface area contributed by atoms with Gasteiger partial charge in [0.05, 0.1) is 22.2 Å². The smallest absolute Gasteiger partial charge is 0.0726 e. The Kier molecular flexibility index (Phi) is 11.7. The van der Waals surface area contributed by atoms with Gasteiger partial charge in [-0.2, -0.15) is 0 Å². The van der Waals surface area contributed by atoms with Gasteiger partial charge in [-0.05, 0) is 237 Å². The maximum Gasteiger partial charge on any atom is 0.0726 e. The number of hydrogen-bond acceptors (Lipinski definition) is 2. The van der Waals surface area contributed by atoms with Gasteiger partial charge in [0, 0.05) is 33.5 Å². The van der Waals surface area contributed by atoms with Crippen LogP contribution in [0.25, 0.3) is 87.6 Å². The lowest BCUT2D eigenvalue weighted by Gasteiger charge is -2.33. The number of fused-ring (bicyclic) bond motifs is 28. The number of aryl methyl sites for hydroxylation is 3. The van der Waals surface area contributed by atoms with Crippen LogP contribution in [0.3, 0.4) is 0 Å². The summed E-state index contributed by atoms with van der Waals surface area (Å²) < 4.78 is 0. The van der Waals surface area contributed by atoms with Gasteiger partial charge in [0.15, 0.2) is 0 Å². The van der Waals surface area contributed by atoms with Crippen molar-refractivity contribution in [2.45, 2.75) is 38.0 Å². The fraction of sp³-hybridized carbons (Fsp3) is 0.0638. The standard InChI is InChI=1S/C94H64N2/c1-58-50-59(2)52-68(51-58)96(66-27-8-5-9-28-66)88-57-86-92(78-37-15-13-35-76(78)88)90-70-47-43-61(53-63(70)45-49-84(90)94(86)81-40-22-18-32-73(81)74-33-19-23-41-82(74)94)54-64-55-67(46-42-60(64)3)95(65-25-6-4-7-26-65)87-56-85-91(77-36-14-12-34-75(77)87)89-69-29-11-10-24-62(69)44-48-83(89)93(85)79-38-20-16-30-71(79)72-31-17-21-39-80(72)93/h4-53,55-57H,54H2,1-3H3. The predicted octanol–water partition coefficient (Wildman–Crippen LogP) is 24.4. The first-order chi connectivity index (χ1) is 47.4. The summed E-state index contributed by atoms with van der Waals surface area (Å²) >= 11 is 0. The maximum absolute atomic E-state index is 2.58. The van der Waals surface area contributed by atoms with Crippen molar-refractivity contribution in [1.82, 2.24) is 0 Å². The molecular weight excluding hydrogens is 1160 g/mol. The molecule has 16 aromatic carbocycles. The second-order valence-electron chi connectivity index (χ2n) is 27.1.